The van der Waals surface area contributed by atoms with Crippen molar-refractivity contribution in [1.29, 1.82) is 0 Å². The zero-order valence-corrected chi connectivity index (χ0v) is 11.0. The van der Waals surface area contributed by atoms with Crippen molar-refractivity contribution in [1.82, 2.24) is 0 Å². The Morgan fingerprint density at radius 2 is 2.18 bits per heavy atom. The van der Waals surface area contributed by atoms with E-state index in [1.54, 1.807) is 0 Å². The van der Waals surface area contributed by atoms with Crippen molar-refractivity contribution < 1.29 is 5.11 Å². The van der Waals surface area contributed by atoms with E-state index in [2.05, 4.69) is 44.3 Å². The Hall–Kier alpha value is -1.02. The van der Waals surface area contributed by atoms with Gasteiger partial charge in [-0.15, -0.1) is 0 Å². The topological polar surface area (TPSA) is 32.3 Å². The minimum Gasteiger partial charge on any atom is -0.391 e. The fourth-order valence-corrected chi connectivity index (χ4v) is 2.58. The molecule has 1 aliphatic heterocycles. The van der Waals surface area contributed by atoms with E-state index in [4.69, 9.17) is 0 Å². The van der Waals surface area contributed by atoms with Crippen molar-refractivity contribution in [3.63, 3.8) is 0 Å². The van der Waals surface area contributed by atoms with Crippen LogP contribution >= 0.6 is 0 Å². The molecule has 1 aromatic rings. The Kier molecular flexibility index (Phi) is 3.72. The van der Waals surface area contributed by atoms with Crippen molar-refractivity contribution in [3.8, 4) is 0 Å². The Labute approximate surface area is 104 Å². The molecular formula is C15H23NO. The fourth-order valence-electron chi connectivity index (χ4n) is 2.58. The average molecular weight is 233 g/mol. The Morgan fingerprint density at radius 3 is 2.82 bits per heavy atom. The molecule has 2 N–H and O–H groups in total. The SMILES string of the molecule is CCc1ccc2c(c1)CC(O)C(C(C)CC)N2. The highest BCUT2D eigenvalue weighted by molar-refractivity contribution is 5.56. The van der Waals surface area contributed by atoms with E-state index in [1.165, 1.54) is 16.8 Å². The zero-order valence-electron chi connectivity index (χ0n) is 11.0. The summed E-state index contributed by atoms with van der Waals surface area (Å²) in [6.07, 6.45) is 2.67. The molecule has 1 aromatic carbocycles. The maximum atomic E-state index is 10.2. The van der Waals surface area contributed by atoms with Gasteiger partial charge < -0.3 is 10.4 Å². The number of hydrogen-bond acceptors (Lipinski definition) is 2. The molecule has 0 amide bonds. The summed E-state index contributed by atoms with van der Waals surface area (Å²) in [6, 6.07) is 6.75. The molecule has 0 fully saturated rings. The van der Waals surface area contributed by atoms with Gasteiger partial charge in [0.05, 0.1) is 12.1 Å². The van der Waals surface area contributed by atoms with Crippen molar-refractivity contribution >= 4 is 5.69 Å². The Bertz CT molecular complexity index is 389. The summed E-state index contributed by atoms with van der Waals surface area (Å²) in [7, 11) is 0. The van der Waals surface area contributed by atoms with Crippen molar-refractivity contribution in [2.45, 2.75) is 52.2 Å². The molecule has 3 atom stereocenters. The van der Waals surface area contributed by atoms with Crippen LogP contribution in [0.4, 0.5) is 5.69 Å². The molecular weight excluding hydrogens is 210 g/mol. The van der Waals surface area contributed by atoms with Gasteiger partial charge in [0, 0.05) is 12.1 Å². The molecule has 0 saturated carbocycles. The first-order valence-corrected chi connectivity index (χ1v) is 6.72. The molecule has 0 spiro atoms. The third-order valence-electron chi connectivity index (χ3n) is 4.00. The molecule has 3 unspecified atom stereocenters. The third-order valence-corrected chi connectivity index (χ3v) is 4.00. The van der Waals surface area contributed by atoms with E-state index in [1.807, 2.05) is 0 Å². The van der Waals surface area contributed by atoms with Crippen molar-refractivity contribution in [2.24, 2.45) is 5.92 Å². The highest BCUT2D eigenvalue weighted by atomic mass is 16.3. The molecule has 17 heavy (non-hydrogen) atoms. The summed E-state index contributed by atoms with van der Waals surface area (Å²) >= 11 is 0. The standard InChI is InChI=1S/C15H23NO/c1-4-10(3)15-14(17)9-12-8-11(5-2)6-7-13(12)16-15/h6-8,10,14-17H,4-5,9H2,1-3H3. The molecule has 0 radical (unpaired) electrons. The molecule has 2 rings (SSSR count). The monoisotopic (exact) mass is 233 g/mol. The number of rotatable bonds is 3. The molecule has 0 bridgehead atoms. The first-order chi connectivity index (χ1) is 8.15. The number of anilines is 1. The molecule has 0 aliphatic carbocycles. The van der Waals surface area contributed by atoms with Crippen LogP contribution in [0, 0.1) is 5.92 Å². The van der Waals surface area contributed by atoms with E-state index >= 15 is 0 Å². The highest BCUT2D eigenvalue weighted by Crippen LogP contribution is 2.29. The van der Waals surface area contributed by atoms with Gasteiger partial charge in [0.25, 0.3) is 0 Å². The summed E-state index contributed by atoms with van der Waals surface area (Å²) in [5, 5.41) is 13.7. The fraction of sp³-hybridized carbons (Fsp3) is 0.600. The van der Waals surface area contributed by atoms with Crippen LogP contribution in [-0.2, 0) is 12.8 Å². The van der Waals surface area contributed by atoms with Gasteiger partial charge in [0.2, 0.25) is 0 Å². The summed E-state index contributed by atoms with van der Waals surface area (Å²) in [4.78, 5) is 0. The van der Waals surface area contributed by atoms with Gasteiger partial charge in [0.1, 0.15) is 0 Å². The minimum absolute atomic E-state index is 0.194. The lowest BCUT2D eigenvalue weighted by Gasteiger charge is -2.35. The van der Waals surface area contributed by atoms with Gasteiger partial charge in [-0.25, -0.2) is 0 Å². The van der Waals surface area contributed by atoms with Crippen LogP contribution in [0.5, 0.6) is 0 Å². The van der Waals surface area contributed by atoms with Crippen LogP contribution in [0.2, 0.25) is 0 Å². The van der Waals surface area contributed by atoms with Crippen LogP contribution in [0.3, 0.4) is 0 Å². The lowest BCUT2D eigenvalue weighted by molar-refractivity contribution is 0.124. The smallest absolute Gasteiger partial charge is 0.0784 e. The van der Waals surface area contributed by atoms with Crippen molar-refractivity contribution in [3.05, 3.63) is 29.3 Å². The molecule has 0 saturated heterocycles. The summed E-state index contributed by atoms with van der Waals surface area (Å²) < 4.78 is 0. The van der Waals surface area contributed by atoms with Gasteiger partial charge in [-0.05, 0) is 29.5 Å². The molecule has 1 aliphatic rings. The maximum absolute atomic E-state index is 10.2. The van der Waals surface area contributed by atoms with E-state index in [0.717, 1.165) is 19.3 Å². The summed E-state index contributed by atoms with van der Waals surface area (Å²) in [5.41, 5.74) is 3.81. The average Bonchev–Trinajstić information content (AvgIpc) is 2.36. The summed E-state index contributed by atoms with van der Waals surface area (Å²) in [5.74, 6) is 0.504. The predicted octanol–water partition coefficient (Wildman–Crippen LogP) is 2.99. The second kappa shape index (κ2) is 5.09. The number of nitrogens with one attached hydrogen (secondary N) is 1. The largest absolute Gasteiger partial charge is 0.391 e. The normalized spacial score (nSPS) is 24.9. The number of aliphatic hydroxyl groups excluding tert-OH is 1. The van der Waals surface area contributed by atoms with Crippen molar-refractivity contribution in [2.75, 3.05) is 5.32 Å². The van der Waals surface area contributed by atoms with Gasteiger partial charge in [-0.3, -0.25) is 0 Å². The van der Waals surface area contributed by atoms with Gasteiger partial charge >= 0.3 is 0 Å². The first-order valence-electron chi connectivity index (χ1n) is 6.72. The Morgan fingerprint density at radius 1 is 1.41 bits per heavy atom. The second-order valence-electron chi connectivity index (χ2n) is 5.17. The number of fused-ring (bicyclic) bond motifs is 1. The molecule has 94 valence electrons. The first kappa shape index (κ1) is 12.4. The van der Waals surface area contributed by atoms with Gasteiger partial charge in [-0.2, -0.15) is 0 Å². The number of hydrogen-bond donors (Lipinski definition) is 2. The molecule has 0 aromatic heterocycles. The van der Waals surface area contributed by atoms with Gasteiger partial charge in [0.15, 0.2) is 0 Å². The zero-order chi connectivity index (χ0) is 12.4. The van der Waals surface area contributed by atoms with Crippen LogP contribution in [0.25, 0.3) is 0 Å². The van der Waals surface area contributed by atoms with E-state index in [-0.39, 0.29) is 12.1 Å². The van der Waals surface area contributed by atoms with E-state index < -0.39 is 0 Å². The van der Waals surface area contributed by atoms with E-state index in [9.17, 15) is 5.11 Å². The Balaban J connectivity index is 2.23. The number of aryl methyl sites for hydroxylation is 1. The van der Waals surface area contributed by atoms with Gasteiger partial charge in [-0.1, -0.05) is 39.3 Å². The van der Waals surface area contributed by atoms with E-state index in [0.29, 0.717) is 5.92 Å². The molecule has 2 heteroatoms. The lowest BCUT2D eigenvalue weighted by Crippen LogP contribution is -2.43. The highest BCUT2D eigenvalue weighted by Gasteiger charge is 2.29. The maximum Gasteiger partial charge on any atom is 0.0784 e. The second-order valence-corrected chi connectivity index (χ2v) is 5.17. The predicted molar refractivity (Wildman–Crippen MR) is 72.4 cm³/mol. The van der Waals surface area contributed by atoms with Crippen LogP contribution in [-0.4, -0.2) is 17.3 Å². The van der Waals surface area contributed by atoms with Crippen LogP contribution in [0.15, 0.2) is 18.2 Å². The number of benzene rings is 1. The lowest BCUT2D eigenvalue weighted by atomic mass is 9.86. The quantitative estimate of drug-likeness (QED) is 0.841. The molecule has 1 heterocycles. The minimum atomic E-state index is -0.260. The van der Waals surface area contributed by atoms with Crippen LogP contribution in [0.1, 0.15) is 38.3 Å². The summed E-state index contributed by atoms with van der Waals surface area (Å²) in [6.45, 7) is 6.54. The number of aliphatic hydroxyl groups is 1. The van der Waals surface area contributed by atoms with Crippen LogP contribution < -0.4 is 5.32 Å². The molecule has 2 nitrogen and oxygen atoms in total. The third kappa shape index (κ3) is 2.47.